The van der Waals surface area contributed by atoms with Gasteiger partial charge in [0.05, 0.1) is 6.54 Å². The lowest BCUT2D eigenvalue weighted by molar-refractivity contribution is 0.0946. The quantitative estimate of drug-likeness (QED) is 0.641. The third kappa shape index (κ3) is 4.65. The predicted octanol–water partition coefficient (Wildman–Crippen LogP) is 3.12. The summed E-state index contributed by atoms with van der Waals surface area (Å²) in [7, 11) is 0. The third-order valence-corrected chi connectivity index (χ3v) is 6.36. The number of ether oxygens (including phenoxy) is 2. The van der Waals surface area contributed by atoms with Crippen molar-refractivity contribution in [3.05, 3.63) is 70.2 Å². The maximum absolute atomic E-state index is 12.5. The van der Waals surface area contributed by atoms with E-state index in [4.69, 9.17) is 9.47 Å². The molecule has 7 nitrogen and oxygen atoms in total. The molecule has 0 radical (unpaired) electrons. The van der Waals surface area contributed by atoms with Gasteiger partial charge < -0.3 is 19.7 Å². The molecule has 1 fully saturated rings. The Bertz CT molecular complexity index is 1050. The summed E-state index contributed by atoms with van der Waals surface area (Å²) in [4.78, 5) is 21.9. The first-order chi connectivity index (χ1) is 15.2. The van der Waals surface area contributed by atoms with E-state index in [-0.39, 0.29) is 12.7 Å². The summed E-state index contributed by atoms with van der Waals surface area (Å²) in [6, 6.07) is 16.2. The summed E-state index contributed by atoms with van der Waals surface area (Å²) in [6.45, 7) is 5.41. The van der Waals surface area contributed by atoms with E-state index < -0.39 is 0 Å². The third-order valence-electron chi connectivity index (χ3n) is 5.53. The van der Waals surface area contributed by atoms with Gasteiger partial charge in [0.1, 0.15) is 10.7 Å². The van der Waals surface area contributed by atoms with E-state index in [1.165, 1.54) is 5.69 Å². The first kappa shape index (κ1) is 19.8. The minimum Gasteiger partial charge on any atom is -0.454 e. The van der Waals surface area contributed by atoms with Gasteiger partial charge in [-0.15, -0.1) is 11.3 Å². The highest BCUT2D eigenvalue weighted by Gasteiger charge is 2.19. The van der Waals surface area contributed by atoms with Crippen LogP contribution in [0.4, 0.5) is 5.69 Å². The zero-order valence-electron chi connectivity index (χ0n) is 17.1. The average molecular weight is 437 g/mol. The number of thiazole rings is 1. The smallest absolute Gasteiger partial charge is 0.271 e. The van der Waals surface area contributed by atoms with E-state index in [2.05, 4.69) is 44.4 Å². The summed E-state index contributed by atoms with van der Waals surface area (Å²) in [5.41, 5.74) is 2.71. The van der Waals surface area contributed by atoms with E-state index in [1.54, 1.807) is 11.3 Å². The zero-order valence-corrected chi connectivity index (χ0v) is 17.9. The maximum Gasteiger partial charge on any atom is 0.271 e. The Balaban J connectivity index is 1.11. The van der Waals surface area contributed by atoms with Gasteiger partial charge in [0.2, 0.25) is 6.79 Å². The van der Waals surface area contributed by atoms with E-state index in [1.807, 2.05) is 29.6 Å². The number of aromatic nitrogens is 1. The van der Waals surface area contributed by atoms with Crippen molar-refractivity contribution in [2.24, 2.45) is 0 Å². The molecule has 1 aromatic heterocycles. The molecule has 0 spiro atoms. The summed E-state index contributed by atoms with van der Waals surface area (Å²) < 4.78 is 10.7. The number of nitrogens with zero attached hydrogens (tertiary/aromatic N) is 3. The SMILES string of the molecule is O=C(NCc1ccc2c(c1)OCO2)c1csc(CN2CCN(c3ccccc3)CC2)n1. The van der Waals surface area contributed by atoms with Crippen LogP contribution in [0.15, 0.2) is 53.9 Å². The molecule has 0 aliphatic carbocycles. The number of hydrogen-bond acceptors (Lipinski definition) is 7. The van der Waals surface area contributed by atoms with E-state index in [0.717, 1.165) is 54.8 Å². The lowest BCUT2D eigenvalue weighted by atomic mass is 10.2. The van der Waals surface area contributed by atoms with Gasteiger partial charge in [-0.25, -0.2) is 4.98 Å². The lowest BCUT2D eigenvalue weighted by Gasteiger charge is -2.35. The number of para-hydroxylation sites is 1. The summed E-state index contributed by atoms with van der Waals surface area (Å²) >= 11 is 1.54. The van der Waals surface area contributed by atoms with Gasteiger partial charge >= 0.3 is 0 Å². The fourth-order valence-electron chi connectivity index (χ4n) is 3.81. The molecule has 0 atom stereocenters. The minimum atomic E-state index is -0.158. The molecule has 0 unspecified atom stereocenters. The fraction of sp³-hybridized carbons (Fsp3) is 0.304. The monoisotopic (exact) mass is 436 g/mol. The van der Waals surface area contributed by atoms with Gasteiger partial charge in [-0.2, -0.15) is 0 Å². The molecule has 2 aliphatic heterocycles. The van der Waals surface area contributed by atoms with Crippen LogP contribution in [-0.2, 0) is 13.1 Å². The summed E-state index contributed by atoms with van der Waals surface area (Å²) in [5, 5.41) is 5.75. The largest absolute Gasteiger partial charge is 0.454 e. The van der Waals surface area contributed by atoms with Crippen molar-refractivity contribution in [3.8, 4) is 11.5 Å². The number of benzene rings is 2. The van der Waals surface area contributed by atoms with E-state index >= 15 is 0 Å². The van der Waals surface area contributed by atoms with Crippen LogP contribution in [-0.4, -0.2) is 48.8 Å². The van der Waals surface area contributed by atoms with Crippen LogP contribution >= 0.6 is 11.3 Å². The number of amides is 1. The Morgan fingerprint density at radius 3 is 2.68 bits per heavy atom. The second kappa shape index (κ2) is 8.95. The molecule has 31 heavy (non-hydrogen) atoms. The second-order valence-corrected chi connectivity index (χ2v) is 8.54. The molecule has 1 saturated heterocycles. The van der Waals surface area contributed by atoms with Gasteiger partial charge in [-0.3, -0.25) is 9.69 Å². The molecule has 0 saturated carbocycles. The fourth-order valence-corrected chi connectivity index (χ4v) is 4.62. The Kier molecular flexibility index (Phi) is 5.73. The predicted molar refractivity (Wildman–Crippen MR) is 120 cm³/mol. The Labute approximate surface area is 185 Å². The number of carbonyl (C=O) groups is 1. The van der Waals surface area contributed by atoms with Gasteiger partial charge in [0, 0.05) is 43.8 Å². The molecule has 1 N–H and O–H groups in total. The lowest BCUT2D eigenvalue weighted by Crippen LogP contribution is -2.45. The van der Waals surface area contributed by atoms with Crippen molar-refractivity contribution < 1.29 is 14.3 Å². The number of anilines is 1. The van der Waals surface area contributed by atoms with Gasteiger partial charge in [-0.1, -0.05) is 24.3 Å². The van der Waals surface area contributed by atoms with Crippen LogP contribution in [0.25, 0.3) is 0 Å². The van der Waals surface area contributed by atoms with Gasteiger partial charge in [-0.05, 0) is 29.8 Å². The number of piperazine rings is 1. The Hall–Kier alpha value is -3.10. The number of nitrogens with one attached hydrogen (secondary N) is 1. The van der Waals surface area contributed by atoms with Gasteiger partial charge in [0.15, 0.2) is 11.5 Å². The Morgan fingerprint density at radius 1 is 1.03 bits per heavy atom. The molecule has 2 aromatic carbocycles. The van der Waals surface area contributed by atoms with Crippen molar-refractivity contribution in [2.75, 3.05) is 37.9 Å². The van der Waals surface area contributed by atoms with Crippen molar-refractivity contribution in [1.82, 2.24) is 15.2 Å². The molecule has 3 heterocycles. The molecule has 8 heteroatoms. The summed E-state index contributed by atoms with van der Waals surface area (Å²) in [5.74, 6) is 1.30. The van der Waals surface area contributed by atoms with Crippen molar-refractivity contribution in [1.29, 1.82) is 0 Å². The Morgan fingerprint density at radius 2 is 1.84 bits per heavy atom. The topological polar surface area (TPSA) is 66.9 Å². The minimum absolute atomic E-state index is 0.158. The number of carbonyl (C=O) groups excluding carboxylic acids is 1. The molecule has 3 aromatic rings. The number of fused-ring (bicyclic) bond motifs is 1. The molecular weight excluding hydrogens is 412 g/mol. The molecule has 0 bridgehead atoms. The van der Waals surface area contributed by atoms with E-state index in [0.29, 0.717) is 12.2 Å². The van der Waals surface area contributed by atoms with E-state index in [9.17, 15) is 4.79 Å². The van der Waals surface area contributed by atoms with Crippen LogP contribution in [0.3, 0.4) is 0 Å². The number of rotatable bonds is 6. The molecule has 5 rings (SSSR count). The molecule has 1 amide bonds. The molecule has 2 aliphatic rings. The standard InChI is InChI=1S/C23H24N4O3S/c28-23(24-13-17-6-7-20-21(12-17)30-16-29-20)19-15-31-22(25-19)14-26-8-10-27(11-9-26)18-4-2-1-3-5-18/h1-7,12,15H,8-11,13-14,16H2,(H,24,28). The van der Waals surface area contributed by atoms with Crippen LogP contribution in [0.2, 0.25) is 0 Å². The van der Waals surface area contributed by atoms with Crippen LogP contribution < -0.4 is 19.7 Å². The van der Waals surface area contributed by atoms with Gasteiger partial charge in [0.25, 0.3) is 5.91 Å². The van der Waals surface area contributed by atoms with Crippen LogP contribution in [0.1, 0.15) is 21.1 Å². The van der Waals surface area contributed by atoms with Crippen molar-refractivity contribution >= 4 is 22.9 Å². The molecular formula is C23H24N4O3S. The van der Waals surface area contributed by atoms with Crippen LogP contribution in [0, 0.1) is 0 Å². The highest BCUT2D eigenvalue weighted by atomic mass is 32.1. The highest BCUT2D eigenvalue weighted by Crippen LogP contribution is 2.32. The van der Waals surface area contributed by atoms with Crippen LogP contribution in [0.5, 0.6) is 11.5 Å². The normalized spacial score (nSPS) is 15.8. The van der Waals surface area contributed by atoms with Crippen molar-refractivity contribution in [2.45, 2.75) is 13.1 Å². The summed E-state index contributed by atoms with van der Waals surface area (Å²) in [6.07, 6.45) is 0. The zero-order chi connectivity index (χ0) is 21.0. The molecule has 160 valence electrons. The average Bonchev–Trinajstić information content (AvgIpc) is 3.48. The first-order valence-corrected chi connectivity index (χ1v) is 11.3. The second-order valence-electron chi connectivity index (χ2n) is 7.60. The first-order valence-electron chi connectivity index (χ1n) is 10.4. The highest BCUT2D eigenvalue weighted by molar-refractivity contribution is 7.09. The maximum atomic E-state index is 12.5. The van der Waals surface area contributed by atoms with Crippen molar-refractivity contribution in [3.63, 3.8) is 0 Å². The number of hydrogen-bond donors (Lipinski definition) is 1.